The van der Waals surface area contributed by atoms with Crippen LogP contribution >= 0.6 is 0 Å². The van der Waals surface area contributed by atoms with Crippen molar-refractivity contribution in [3.05, 3.63) is 24.0 Å². The van der Waals surface area contributed by atoms with Crippen LogP contribution in [0.25, 0.3) is 0 Å². The molecule has 0 spiro atoms. The predicted molar refractivity (Wildman–Crippen MR) is 79.4 cm³/mol. The number of benzene rings is 1. The van der Waals surface area contributed by atoms with Gasteiger partial charge in [0.15, 0.2) is 0 Å². The Bertz CT molecular complexity index is 478. The number of anilines is 2. The van der Waals surface area contributed by atoms with Crippen LogP contribution in [0.3, 0.4) is 0 Å². The Morgan fingerprint density at radius 3 is 2.95 bits per heavy atom. The van der Waals surface area contributed by atoms with E-state index in [1.807, 2.05) is 6.07 Å². The number of hydrogen-bond acceptors (Lipinski definition) is 3. The van der Waals surface area contributed by atoms with Gasteiger partial charge in [0.1, 0.15) is 5.82 Å². The van der Waals surface area contributed by atoms with Crippen molar-refractivity contribution >= 4 is 17.3 Å². The summed E-state index contributed by atoms with van der Waals surface area (Å²) in [4.78, 5) is 13.5. The maximum atomic E-state index is 14.1. The fourth-order valence-corrected chi connectivity index (χ4v) is 2.75. The van der Waals surface area contributed by atoms with E-state index in [1.165, 1.54) is 12.5 Å². The van der Waals surface area contributed by atoms with Crippen LogP contribution in [0.15, 0.2) is 18.2 Å². The van der Waals surface area contributed by atoms with E-state index >= 15 is 0 Å². The molecule has 1 aliphatic heterocycles. The van der Waals surface area contributed by atoms with Crippen molar-refractivity contribution in [2.75, 3.05) is 23.3 Å². The Labute approximate surface area is 119 Å². The van der Waals surface area contributed by atoms with Crippen molar-refractivity contribution in [2.45, 2.75) is 38.6 Å². The quantitative estimate of drug-likeness (QED) is 0.890. The molecule has 1 amide bonds. The number of piperidine rings is 1. The molecule has 1 unspecified atom stereocenters. The van der Waals surface area contributed by atoms with Crippen molar-refractivity contribution in [2.24, 2.45) is 5.73 Å². The fourth-order valence-electron chi connectivity index (χ4n) is 2.75. The first-order valence-corrected chi connectivity index (χ1v) is 7.21. The van der Waals surface area contributed by atoms with Gasteiger partial charge in [-0.1, -0.05) is 6.92 Å². The molecule has 1 atom stereocenters. The second-order valence-corrected chi connectivity index (χ2v) is 5.17. The molecule has 1 heterocycles. The van der Waals surface area contributed by atoms with Crippen LogP contribution in [0, 0.1) is 5.82 Å². The molecule has 4 nitrogen and oxygen atoms in total. The summed E-state index contributed by atoms with van der Waals surface area (Å²) in [7, 11) is 0. The summed E-state index contributed by atoms with van der Waals surface area (Å²) < 4.78 is 14.1. The van der Waals surface area contributed by atoms with Crippen LogP contribution in [0.1, 0.15) is 32.6 Å². The standard InChI is InChI=1S/C15H22FN3O/c1-2-11-5-3-4-8-19(11)12-6-7-14(13(16)9-12)18-15(20)10-17/h6-7,9,11H,2-5,8,10,17H2,1H3,(H,18,20). The Morgan fingerprint density at radius 1 is 1.50 bits per heavy atom. The van der Waals surface area contributed by atoms with Gasteiger partial charge in [-0.05, 0) is 43.9 Å². The molecule has 0 aromatic heterocycles. The minimum atomic E-state index is -0.412. The van der Waals surface area contributed by atoms with Gasteiger partial charge >= 0.3 is 0 Å². The maximum absolute atomic E-state index is 14.1. The van der Waals surface area contributed by atoms with E-state index in [4.69, 9.17) is 5.73 Å². The Kier molecular flexibility index (Phi) is 4.95. The van der Waals surface area contributed by atoms with E-state index in [-0.39, 0.29) is 18.1 Å². The SMILES string of the molecule is CCC1CCCCN1c1ccc(NC(=O)CN)c(F)c1. The van der Waals surface area contributed by atoms with Crippen molar-refractivity contribution in [1.29, 1.82) is 0 Å². The van der Waals surface area contributed by atoms with E-state index in [1.54, 1.807) is 6.07 Å². The van der Waals surface area contributed by atoms with Gasteiger partial charge in [-0.25, -0.2) is 4.39 Å². The van der Waals surface area contributed by atoms with Gasteiger partial charge in [-0.15, -0.1) is 0 Å². The van der Waals surface area contributed by atoms with Gasteiger partial charge < -0.3 is 16.0 Å². The molecule has 0 aliphatic carbocycles. The highest BCUT2D eigenvalue weighted by atomic mass is 19.1. The zero-order valence-electron chi connectivity index (χ0n) is 11.9. The molecule has 0 saturated carbocycles. The van der Waals surface area contributed by atoms with Crippen LogP contribution in [-0.2, 0) is 4.79 Å². The number of carbonyl (C=O) groups excluding carboxylic acids is 1. The van der Waals surface area contributed by atoms with Crippen LogP contribution in [0.4, 0.5) is 15.8 Å². The lowest BCUT2D eigenvalue weighted by atomic mass is 9.99. The summed E-state index contributed by atoms with van der Waals surface area (Å²) in [6.07, 6.45) is 4.60. The zero-order valence-corrected chi connectivity index (χ0v) is 11.9. The Morgan fingerprint density at radius 2 is 2.30 bits per heavy atom. The summed E-state index contributed by atoms with van der Waals surface area (Å²) in [6, 6.07) is 5.45. The van der Waals surface area contributed by atoms with Crippen LogP contribution in [-0.4, -0.2) is 25.0 Å². The molecular weight excluding hydrogens is 257 g/mol. The molecule has 110 valence electrons. The zero-order chi connectivity index (χ0) is 14.5. The smallest absolute Gasteiger partial charge is 0.238 e. The molecule has 1 fully saturated rings. The van der Waals surface area contributed by atoms with Crippen LogP contribution < -0.4 is 16.0 Å². The third kappa shape index (κ3) is 3.28. The Balaban J connectivity index is 2.17. The average Bonchev–Trinajstić information content (AvgIpc) is 2.49. The number of halogens is 1. The van der Waals surface area contributed by atoms with Crippen LogP contribution in [0.2, 0.25) is 0 Å². The van der Waals surface area contributed by atoms with E-state index in [2.05, 4.69) is 17.1 Å². The van der Waals surface area contributed by atoms with Gasteiger partial charge in [-0.2, -0.15) is 0 Å². The predicted octanol–water partition coefficient (Wildman–Crippen LogP) is 2.49. The van der Waals surface area contributed by atoms with Gasteiger partial charge in [0.2, 0.25) is 5.91 Å². The second-order valence-electron chi connectivity index (χ2n) is 5.17. The first-order valence-electron chi connectivity index (χ1n) is 7.21. The lowest BCUT2D eigenvalue weighted by Gasteiger charge is -2.37. The first-order chi connectivity index (χ1) is 9.65. The maximum Gasteiger partial charge on any atom is 0.238 e. The number of nitrogens with zero attached hydrogens (tertiary/aromatic N) is 1. The highest BCUT2D eigenvalue weighted by molar-refractivity contribution is 5.92. The minimum Gasteiger partial charge on any atom is -0.368 e. The molecule has 0 bridgehead atoms. The monoisotopic (exact) mass is 279 g/mol. The lowest BCUT2D eigenvalue weighted by Crippen LogP contribution is -2.39. The molecule has 1 aliphatic rings. The number of hydrogen-bond donors (Lipinski definition) is 2. The molecule has 2 rings (SSSR count). The molecule has 3 N–H and O–H groups in total. The lowest BCUT2D eigenvalue weighted by molar-refractivity contribution is -0.114. The van der Waals surface area contributed by atoms with Crippen LogP contribution in [0.5, 0.6) is 0 Å². The molecule has 1 aromatic carbocycles. The molecule has 0 radical (unpaired) electrons. The summed E-state index contributed by atoms with van der Waals surface area (Å²) in [5.41, 5.74) is 6.29. The van der Waals surface area contributed by atoms with Gasteiger partial charge in [-0.3, -0.25) is 4.79 Å². The molecular formula is C15H22FN3O. The van der Waals surface area contributed by atoms with Crippen molar-refractivity contribution in [1.82, 2.24) is 0 Å². The number of nitrogens with one attached hydrogen (secondary N) is 1. The summed E-state index contributed by atoms with van der Waals surface area (Å²) in [5.74, 6) is -0.800. The van der Waals surface area contributed by atoms with Gasteiger partial charge in [0.05, 0.1) is 12.2 Å². The number of carbonyl (C=O) groups is 1. The van der Waals surface area contributed by atoms with Gasteiger partial charge in [0, 0.05) is 18.3 Å². The molecule has 1 aromatic rings. The highest BCUT2D eigenvalue weighted by Gasteiger charge is 2.21. The summed E-state index contributed by atoms with van der Waals surface area (Å²) >= 11 is 0. The first kappa shape index (κ1) is 14.8. The van der Waals surface area contributed by atoms with E-state index in [9.17, 15) is 9.18 Å². The average molecular weight is 279 g/mol. The van der Waals surface area contributed by atoms with Crippen molar-refractivity contribution < 1.29 is 9.18 Å². The summed E-state index contributed by atoms with van der Waals surface area (Å²) in [6.45, 7) is 2.98. The number of amides is 1. The van der Waals surface area contributed by atoms with E-state index < -0.39 is 5.82 Å². The minimum absolute atomic E-state index is 0.148. The van der Waals surface area contributed by atoms with E-state index in [0.29, 0.717) is 6.04 Å². The number of nitrogens with two attached hydrogens (primary N) is 1. The largest absolute Gasteiger partial charge is 0.368 e. The highest BCUT2D eigenvalue weighted by Crippen LogP contribution is 2.29. The van der Waals surface area contributed by atoms with Crippen molar-refractivity contribution in [3.63, 3.8) is 0 Å². The topological polar surface area (TPSA) is 58.4 Å². The summed E-state index contributed by atoms with van der Waals surface area (Å²) in [5, 5.41) is 2.46. The molecule has 1 saturated heterocycles. The van der Waals surface area contributed by atoms with Crippen molar-refractivity contribution in [3.8, 4) is 0 Å². The molecule has 5 heteroatoms. The Hall–Kier alpha value is -1.62. The normalized spacial score (nSPS) is 18.9. The van der Waals surface area contributed by atoms with E-state index in [0.717, 1.165) is 31.5 Å². The number of rotatable bonds is 4. The fraction of sp³-hybridized carbons (Fsp3) is 0.533. The molecule has 20 heavy (non-hydrogen) atoms. The third-order valence-electron chi connectivity index (χ3n) is 3.84. The van der Waals surface area contributed by atoms with Gasteiger partial charge in [0.25, 0.3) is 0 Å². The second kappa shape index (κ2) is 6.70. The third-order valence-corrected chi connectivity index (χ3v) is 3.84.